The van der Waals surface area contributed by atoms with Gasteiger partial charge in [-0.05, 0) is 94.1 Å². The Kier molecular flexibility index (Phi) is 9.38. The third kappa shape index (κ3) is 8.03. The molecule has 0 radical (unpaired) electrons. The number of hydrogen-bond donors (Lipinski definition) is 1. The summed E-state index contributed by atoms with van der Waals surface area (Å²) in [5.41, 5.74) is 1.87. The summed E-state index contributed by atoms with van der Waals surface area (Å²) in [5.74, 6) is 0.186. The Bertz CT molecular complexity index is 1700. The molecule has 0 saturated carbocycles. The molecule has 1 aliphatic rings. The van der Waals surface area contributed by atoms with E-state index in [0.717, 1.165) is 29.3 Å². The molecule has 1 aliphatic heterocycles. The highest BCUT2D eigenvalue weighted by molar-refractivity contribution is 5.82. The molecule has 0 saturated heterocycles. The maximum atomic E-state index is 13.7. The second-order valence-corrected chi connectivity index (χ2v) is 11.8. The van der Waals surface area contributed by atoms with Crippen molar-refractivity contribution < 1.29 is 41.0 Å². The highest BCUT2D eigenvalue weighted by Crippen LogP contribution is 2.39. The highest BCUT2D eigenvalue weighted by Gasteiger charge is 2.32. The zero-order valence-electron chi connectivity index (χ0n) is 25.7. The van der Waals surface area contributed by atoms with Crippen molar-refractivity contribution in [1.82, 2.24) is 19.5 Å². The van der Waals surface area contributed by atoms with E-state index in [-0.39, 0.29) is 34.6 Å². The Hall–Kier alpha value is -4.46. The molecule has 1 atom stereocenters. The van der Waals surface area contributed by atoms with Crippen molar-refractivity contribution in [2.75, 3.05) is 25.0 Å². The molecule has 0 bridgehead atoms. The average Bonchev–Trinajstić information content (AvgIpc) is 3.25. The first-order valence-corrected chi connectivity index (χ1v) is 14.7. The number of alkyl halides is 5. The number of carbonyl (C=O) groups is 1. The van der Waals surface area contributed by atoms with Crippen molar-refractivity contribution in [2.24, 2.45) is 0 Å². The molecular formula is C32H34F5N5O4. The van der Waals surface area contributed by atoms with Crippen LogP contribution in [0.2, 0.25) is 0 Å². The van der Waals surface area contributed by atoms with Gasteiger partial charge in [0.1, 0.15) is 18.0 Å². The molecule has 4 aromatic rings. The van der Waals surface area contributed by atoms with E-state index < -0.39 is 36.7 Å². The molecule has 46 heavy (non-hydrogen) atoms. The third-order valence-electron chi connectivity index (χ3n) is 7.13. The smallest absolute Gasteiger partial charge is 0.416 e. The second-order valence-electron chi connectivity index (χ2n) is 11.8. The Labute approximate surface area is 262 Å². The van der Waals surface area contributed by atoms with Crippen LogP contribution < -0.4 is 10.1 Å². The lowest BCUT2D eigenvalue weighted by Gasteiger charge is -2.26. The first kappa shape index (κ1) is 32.9. The summed E-state index contributed by atoms with van der Waals surface area (Å²) in [5, 5.41) is 7.63. The summed E-state index contributed by atoms with van der Waals surface area (Å²) in [6.45, 7) is 6.99. The summed E-state index contributed by atoms with van der Waals surface area (Å²) < 4.78 is 84.0. The van der Waals surface area contributed by atoms with Crippen molar-refractivity contribution in [3.63, 3.8) is 0 Å². The molecule has 14 heteroatoms. The van der Waals surface area contributed by atoms with Crippen LogP contribution in [0.5, 0.6) is 5.75 Å². The molecule has 2 aromatic carbocycles. The molecule has 0 aliphatic carbocycles. The fourth-order valence-corrected chi connectivity index (χ4v) is 5.05. The van der Waals surface area contributed by atoms with E-state index in [1.165, 1.54) is 11.4 Å². The van der Waals surface area contributed by atoms with Crippen LogP contribution in [0.3, 0.4) is 0 Å². The maximum absolute atomic E-state index is 13.7. The number of pyridine rings is 1. The van der Waals surface area contributed by atoms with E-state index in [0.29, 0.717) is 31.6 Å². The normalized spacial score (nSPS) is 14.6. The van der Waals surface area contributed by atoms with Gasteiger partial charge in [-0.15, -0.1) is 5.10 Å². The lowest BCUT2D eigenvalue weighted by atomic mass is 10.0. The summed E-state index contributed by atoms with van der Waals surface area (Å²) in [6, 6.07) is 11.9. The van der Waals surface area contributed by atoms with Crippen LogP contribution in [0.1, 0.15) is 44.4 Å². The minimum atomic E-state index is -4.65. The minimum Gasteiger partial charge on any atom is -0.465 e. The number of rotatable bonds is 8. The molecule has 2 aromatic heterocycles. The van der Waals surface area contributed by atoms with Gasteiger partial charge in [0, 0.05) is 36.1 Å². The first-order chi connectivity index (χ1) is 21.7. The number of aromatic nitrogens is 3. The number of hydrogen-bond acceptors (Lipinski definition) is 7. The number of nitrogens with one attached hydrogen (secondary N) is 1. The molecule has 9 nitrogen and oxygen atoms in total. The topological polar surface area (TPSA) is 90.2 Å². The van der Waals surface area contributed by atoms with Gasteiger partial charge in [-0.3, -0.25) is 0 Å². The molecule has 5 rings (SSSR count). The minimum absolute atomic E-state index is 0.00782. The molecular weight excluding hydrogens is 613 g/mol. The Morgan fingerprint density at radius 3 is 2.43 bits per heavy atom. The molecule has 1 unspecified atom stereocenters. The van der Waals surface area contributed by atoms with E-state index in [4.69, 9.17) is 14.2 Å². The number of ether oxygens (including phenoxy) is 3. The zero-order chi connectivity index (χ0) is 33.2. The van der Waals surface area contributed by atoms with Crippen molar-refractivity contribution in [1.29, 1.82) is 0 Å². The van der Waals surface area contributed by atoms with Gasteiger partial charge in [0.05, 0.1) is 5.56 Å². The van der Waals surface area contributed by atoms with Gasteiger partial charge in [0.2, 0.25) is 5.95 Å². The SMILES string of the molecule is CC(OCC(F)F)Oc1ccc(C(F)(F)F)cc1-c1cccn2nc(Nc3ccc4c(c3)CCN(C(=O)OC(C)(C)C)CC4)nc12. The Morgan fingerprint density at radius 1 is 1.00 bits per heavy atom. The van der Waals surface area contributed by atoms with Crippen LogP contribution in [0.15, 0.2) is 54.7 Å². The summed E-state index contributed by atoms with van der Waals surface area (Å²) in [6.07, 6.45) is -6.02. The Morgan fingerprint density at radius 2 is 1.74 bits per heavy atom. The summed E-state index contributed by atoms with van der Waals surface area (Å²) >= 11 is 0. The molecule has 0 spiro atoms. The first-order valence-electron chi connectivity index (χ1n) is 14.7. The lowest BCUT2D eigenvalue weighted by molar-refractivity contribution is -0.137. The van der Waals surface area contributed by atoms with E-state index >= 15 is 0 Å². The number of nitrogens with zero attached hydrogens (tertiary/aromatic N) is 4. The van der Waals surface area contributed by atoms with E-state index in [1.807, 2.05) is 39.0 Å². The number of halogens is 5. The number of anilines is 2. The monoisotopic (exact) mass is 647 g/mol. The summed E-state index contributed by atoms with van der Waals surface area (Å²) in [4.78, 5) is 18.9. The van der Waals surface area contributed by atoms with Gasteiger partial charge in [0.25, 0.3) is 6.43 Å². The lowest BCUT2D eigenvalue weighted by Crippen LogP contribution is -2.38. The maximum Gasteiger partial charge on any atom is 0.416 e. The average molecular weight is 648 g/mol. The number of fused-ring (bicyclic) bond motifs is 2. The number of benzene rings is 2. The predicted octanol–water partition coefficient (Wildman–Crippen LogP) is 7.50. The fourth-order valence-electron chi connectivity index (χ4n) is 5.05. The van der Waals surface area contributed by atoms with Crippen molar-refractivity contribution in [2.45, 2.75) is 65.0 Å². The van der Waals surface area contributed by atoms with Crippen molar-refractivity contribution in [3.8, 4) is 16.9 Å². The van der Waals surface area contributed by atoms with Gasteiger partial charge in [0.15, 0.2) is 11.9 Å². The van der Waals surface area contributed by atoms with Gasteiger partial charge >= 0.3 is 12.3 Å². The molecule has 3 heterocycles. The zero-order valence-corrected chi connectivity index (χ0v) is 25.7. The molecule has 1 amide bonds. The Balaban J connectivity index is 1.41. The standard InChI is InChI=1S/C32H34F5N5O4/c1-19(44-18-27(33)34)45-26-10-8-22(32(35,36)37)17-25(26)24-6-5-13-42-28(24)39-29(40-42)38-23-9-7-20-11-14-41(15-12-21(20)16-23)30(43)46-31(2,3)4/h5-10,13,16-17,19,27H,11-12,14-15,18H2,1-4H3,(H,38,40). The fraction of sp³-hybridized carbons (Fsp3) is 0.406. The molecule has 1 N–H and O–H groups in total. The van der Waals surface area contributed by atoms with Crippen LogP contribution in [-0.4, -0.2) is 63.6 Å². The van der Waals surface area contributed by atoms with Gasteiger partial charge in [-0.1, -0.05) is 6.07 Å². The summed E-state index contributed by atoms with van der Waals surface area (Å²) in [7, 11) is 0. The van der Waals surface area contributed by atoms with Crippen LogP contribution in [-0.2, 0) is 28.5 Å². The van der Waals surface area contributed by atoms with E-state index in [9.17, 15) is 26.7 Å². The van der Waals surface area contributed by atoms with E-state index in [1.54, 1.807) is 23.2 Å². The van der Waals surface area contributed by atoms with Crippen LogP contribution in [0, 0.1) is 0 Å². The van der Waals surface area contributed by atoms with Crippen LogP contribution in [0.25, 0.3) is 16.8 Å². The van der Waals surface area contributed by atoms with E-state index in [2.05, 4.69) is 15.4 Å². The molecule has 0 fully saturated rings. The number of amides is 1. The van der Waals surface area contributed by atoms with Crippen molar-refractivity contribution >= 4 is 23.4 Å². The van der Waals surface area contributed by atoms with Gasteiger partial charge in [-0.2, -0.15) is 18.2 Å². The van der Waals surface area contributed by atoms with Crippen molar-refractivity contribution in [3.05, 3.63) is 71.4 Å². The van der Waals surface area contributed by atoms with Crippen LogP contribution >= 0.6 is 0 Å². The quantitative estimate of drug-likeness (QED) is 0.157. The largest absolute Gasteiger partial charge is 0.465 e. The second kappa shape index (κ2) is 13.1. The van der Waals surface area contributed by atoms with Crippen LogP contribution in [0.4, 0.5) is 38.4 Å². The highest BCUT2D eigenvalue weighted by atomic mass is 19.4. The third-order valence-corrected chi connectivity index (χ3v) is 7.13. The van der Waals surface area contributed by atoms with Gasteiger partial charge in [-0.25, -0.2) is 18.1 Å². The number of carbonyl (C=O) groups excluding carboxylic acids is 1. The van der Waals surface area contributed by atoms with Gasteiger partial charge < -0.3 is 24.4 Å². The molecule has 246 valence electrons. The predicted molar refractivity (Wildman–Crippen MR) is 160 cm³/mol.